The number of anilines is 1. The van der Waals surface area contributed by atoms with Crippen molar-refractivity contribution in [1.29, 1.82) is 0 Å². The second-order valence-electron chi connectivity index (χ2n) is 3.29. The minimum absolute atomic E-state index is 0.108. The van der Waals surface area contributed by atoms with E-state index in [1.165, 1.54) is 20.3 Å². The van der Waals surface area contributed by atoms with Gasteiger partial charge in [0.2, 0.25) is 0 Å². The van der Waals surface area contributed by atoms with Crippen molar-refractivity contribution in [3.63, 3.8) is 0 Å². The number of sulfone groups is 1. The van der Waals surface area contributed by atoms with Crippen LogP contribution in [0, 0.1) is 0 Å². The van der Waals surface area contributed by atoms with Crippen LogP contribution in [0.3, 0.4) is 0 Å². The molecule has 1 aromatic carbocycles. The molecule has 1 aromatic rings. The van der Waals surface area contributed by atoms with Crippen molar-refractivity contribution < 1.29 is 17.9 Å². The first-order chi connectivity index (χ1) is 7.93. The number of nitrogens with one attached hydrogen (secondary N) is 1. The number of methoxy groups -OCH3 is 2. The van der Waals surface area contributed by atoms with E-state index >= 15 is 0 Å². The van der Waals surface area contributed by atoms with Gasteiger partial charge in [0.1, 0.15) is 16.4 Å². The quantitative estimate of drug-likeness (QED) is 0.662. The summed E-state index contributed by atoms with van der Waals surface area (Å²) in [7, 11) is -0.450. The first-order valence-electron chi connectivity index (χ1n) is 4.70. The van der Waals surface area contributed by atoms with E-state index in [1.54, 1.807) is 6.07 Å². The van der Waals surface area contributed by atoms with Gasteiger partial charge >= 0.3 is 0 Å². The van der Waals surface area contributed by atoms with Gasteiger partial charge < -0.3 is 14.8 Å². The van der Waals surface area contributed by atoms with Crippen molar-refractivity contribution in [1.82, 2.24) is 0 Å². The second kappa shape index (κ2) is 5.59. The molecule has 0 aliphatic rings. The second-order valence-corrected chi connectivity index (χ2v) is 5.83. The van der Waals surface area contributed by atoms with Crippen molar-refractivity contribution in [2.45, 2.75) is 4.90 Å². The van der Waals surface area contributed by atoms with Crippen LogP contribution in [0.25, 0.3) is 0 Å². The van der Waals surface area contributed by atoms with Gasteiger partial charge in [-0.1, -0.05) is 15.9 Å². The van der Waals surface area contributed by atoms with Gasteiger partial charge in [-0.2, -0.15) is 0 Å². The van der Waals surface area contributed by atoms with Gasteiger partial charge in [-0.3, -0.25) is 0 Å². The van der Waals surface area contributed by atoms with Crippen LogP contribution in [-0.4, -0.2) is 34.3 Å². The van der Waals surface area contributed by atoms with Crippen molar-refractivity contribution in [3.05, 3.63) is 12.1 Å². The summed E-state index contributed by atoms with van der Waals surface area (Å²) in [6.07, 6.45) is 1.13. The standard InChI is InChI=1S/C10H14BrNO4S/c1-15-8-5-10(17(3,13)14)9(16-2)4-7(8)12-6-11/h4-5,12H,6H2,1-3H3. The first-order valence-corrected chi connectivity index (χ1v) is 7.71. The molecule has 0 aliphatic heterocycles. The van der Waals surface area contributed by atoms with Crippen LogP contribution in [0.2, 0.25) is 0 Å². The number of benzene rings is 1. The van der Waals surface area contributed by atoms with E-state index in [0.717, 1.165) is 6.26 Å². The molecule has 17 heavy (non-hydrogen) atoms. The molecule has 0 aliphatic carbocycles. The minimum atomic E-state index is -3.35. The third kappa shape index (κ3) is 3.26. The van der Waals surface area contributed by atoms with Gasteiger partial charge in [0.25, 0.3) is 0 Å². The average Bonchev–Trinajstić information content (AvgIpc) is 2.27. The highest BCUT2D eigenvalue weighted by molar-refractivity contribution is 9.09. The molecule has 0 spiro atoms. The van der Waals surface area contributed by atoms with E-state index in [0.29, 0.717) is 16.9 Å². The number of ether oxygens (including phenoxy) is 2. The smallest absolute Gasteiger partial charge is 0.179 e. The predicted molar refractivity (Wildman–Crippen MR) is 70.1 cm³/mol. The Bertz CT molecular complexity index is 501. The number of halogens is 1. The zero-order chi connectivity index (χ0) is 13.1. The Balaban J connectivity index is 3.43. The predicted octanol–water partition coefficient (Wildman–Crippen LogP) is 1.87. The summed E-state index contributed by atoms with van der Waals surface area (Å²) < 4.78 is 33.4. The normalized spacial score (nSPS) is 11.1. The minimum Gasteiger partial charge on any atom is -0.495 e. The lowest BCUT2D eigenvalue weighted by Gasteiger charge is -2.14. The molecule has 0 aromatic heterocycles. The SMILES string of the molecule is COc1cc(S(C)(=O)=O)c(OC)cc1NCBr. The summed E-state index contributed by atoms with van der Waals surface area (Å²) in [5, 5.41) is 3.00. The Morgan fingerprint density at radius 3 is 2.24 bits per heavy atom. The van der Waals surface area contributed by atoms with Crippen LogP contribution in [0.4, 0.5) is 5.69 Å². The number of rotatable bonds is 5. The maximum absolute atomic E-state index is 11.6. The summed E-state index contributed by atoms with van der Waals surface area (Å²) in [5.41, 5.74) is 1.18. The first kappa shape index (κ1) is 14.1. The lowest BCUT2D eigenvalue weighted by Crippen LogP contribution is -2.04. The summed E-state index contributed by atoms with van der Waals surface area (Å²) in [4.78, 5) is 0.108. The molecule has 96 valence electrons. The fourth-order valence-corrected chi connectivity index (χ4v) is 2.50. The third-order valence-corrected chi connectivity index (χ3v) is 3.54. The summed E-state index contributed by atoms with van der Waals surface area (Å²) in [5.74, 6) is 0.738. The zero-order valence-electron chi connectivity index (χ0n) is 9.78. The van der Waals surface area contributed by atoms with Gasteiger partial charge in [0.15, 0.2) is 9.84 Å². The van der Waals surface area contributed by atoms with Crippen molar-refractivity contribution >= 4 is 31.5 Å². The Morgan fingerprint density at radius 2 is 1.82 bits per heavy atom. The van der Waals surface area contributed by atoms with E-state index in [1.807, 2.05) is 0 Å². The topological polar surface area (TPSA) is 64.6 Å². The Labute approximate surface area is 109 Å². The average molecular weight is 324 g/mol. The van der Waals surface area contributed by atoms with E-state index in [4.69, 9.17) is 9.47 Å². The van der Waals surface area contributed by atoms with Gasteiger partial charge in [-0.15, -0.1) is 0 Å². The van der Waals surface area contributed by atoms with E-state index in [9.17, 15) is 8.42 Å². The van der Waals surface area contributed by atoms with Gasteiger partial charge in [-0.25, -0.2) is 8.42 Å². The lowest BCUT2D eigenvalue weighted by atomic mass is 10.2. The van der Waals surface area contributed by atoms with E-state index in [-0.39, 0.29) is 10.6 Å². The summed E-state index contributed by atoms with van der Waals surface area (Å²) in [6, 6.07) is 3.04. The summed E-state index contributed by atoms with van der Waals surface area (Å²) >= 11 is 3.23. The monoisotopic (exact) mass is 323 g/mol. The maximum atomic E-state index is 11.6. The number of hydrogen-bond donors (Lipinski definition) is 1. The maximum Gasteiger partial charge on any atom is 0.179 e. The Hall–Kier alpha value is -0.950. The molecule has 1 rings (SSSR count). The van der Waals surface area contributed by atoms with Crippen molar-refractivity contribution in [3.8, 4) is 11.5 Å². The van der Waals surface area contributed by atoms with Crippen LogP contribution in [0.1, 0.15) is 0 Å². The molecule has 0 heterocycles. The molecule has 0 bridgehead atoms. The Kier molecular flexibility index (Phi) is 4.64. The highest BCUT2D eigenvalue weighted by atomic mass is 79.9. The lowest BCUT2D eigenvalue weighted by molar-refractivity contribution is 0.393. The fraction of sp³-hybridized carbons (Fsp3) is 0.400. The number of alkyl halides is 1. The molecular formula is C10H14BrNO4S. The van der Waals surface area contributed by atoms with Gasteiger partial charge in [0.05, 0.1) is 25.4 Å². The largest absolute Gasteiger partial charge is 0.495 e. The Morgan fingerprint density at radius 1 is 1.24 bits per heavy atom. The molecule has 0 saturated carbocycles. The molecule has 7 heteroatoms. The van der Waals surface area contributed by atoms with Gasteiger partial charge in [0, 0.05) is 18.4 Å². The molecule has 0 fully saturated rings. The molecule has 0 radical (unpaired) electrons. The van der Waals surface area contributed by atoms with Crippen LogP contribution in [0.15, 0.2) is 17.0 Å². The van der Waals surface area contributed by atoms with Crippen molar-refractivity contribution in [2.24, 2.45) is 0 Å². The molecule has 0 atom stereocenters. The summed E-state index contributed by atoms with van der Waals surface area (Å²) in [6.45, 7) is 0. The highest BCUT2D eigenvalue weighted by Gasteiger charge is 2.18. The van der Waals surface area contributed by atoms with Crippen LogP contribution < -0.4 is 14.8 Å². The van der Waals surface area contributed by atoms with Crippen LogP contribution in [0.5, 0.6) is 11.5 Å². The molecular weight excluding hydrogens is 310 g/mol. The highest BCUT2D eigenvalue weighted by Crippen LogP contribution is 2.35. The van der Waals surface area contributed by atoms with E-state index in [2.05, 4.69) is 21.2 Å². The fourth-order valence-electron chi connectivity index (χ4n) is 1.37. The number of hydrogen-bond acceptors (Lipinski definition) is 5. The molecule has 0 unspecified atom stereocenters. The third-order valence-electron chi connectivity index (χ3n) is 2.14. The van der Waals surface area contributed by atoms with Gasteiger partial charge in [-0.05, 0) is 0 Å². The van der Waals surface area contributed by atoms with E-state index < -0.39 is 9.84 Å². The molecule has 0 saturated heterocycles. The van der Waals surface area contributed by atoms with Crippen molar-refractivity contribution in [2.75, 3.05) is 31.2 Å². The zero-order valence-corrected chi connectivity index (χ0v) is 12.2. The molecule has 0 amide bonds. The van der Waals surface area contributed by atoms with Crippen LogP contribution >= 0.6 is 15.9 Å². The molecule has 1 N–H and O–H groups in total. The molecule has 5 nitrogen and oxygen atoms in total. The van der Waals surface area contributed by atoms with Crippen LogP contribution in [-0.2, 0) is 9.84 Å².